The highest BCUT2D eigenvalue weighted by Gasteiger charge is 2.17. The second-order valence-corrected chi connectivity index (χ2v) is 7.37. The molecule has 19 heavy (non-hydrogen) atoms. The fourth-order valence-electron chi connectivity index (χ4n) is 1.32. The number of hydrogen-bond donors (Lipinski definition) is 1. The summed E-state index contributed by atoms with van der Waals surface area (Å²) in [5.74, 6) is 0.680. The smallest absolute Gasteiger partial charge is 0.189 e. The van der Waals surface area contributed by atoms with E-state index in [9.17, 15) is 5.11 Å². The number of hydrogen-bond acceptors (Lipinski definition) is 2. The van der Waals surface area contributed by atoms with Crippen molar-refractivity contribution in [2.45, 2.75) is 0 Å². The summed E-state index contributed by atoms with van der Waals surface area (Å²) >= 11 is 19.4. The fraction of sp³-hybridized carbons (Fsp3) is 0. The van der Waals surface area contributed by atoms with Gasteiger partial charge in [-0.2, -0.15) is 0 Å². The van der Waals surface area contributed by atoms with Crippen molar-refractivity contribution in [3.8, 4) is 17.2 Å². The molecule has 2 aromatic carbocycles. The SMILES string of the molecule is Oc1c(Br)cc(Br)c(Cl)c1Oc1ccc(Br)cc1Br. The number of phenols is 1. The standard InChI is InChI=1S/C12H5Br4ClO2/c13-5-1-2-9(6(14)3-5)19-12-10(17)7(15)4-8(16)11(12)18/h1-4,18H. The molecule has 0 heterocycles. The maximum atomic E-state index is 10.0. The number of phenolic OH excluding ortho intramolecular Hbond substituents is 1. The number of ether oxygens (including phenoxy) is 1. The summed E-state index contributed by atoms with van der Waals surface area (Å²) in [6.07, 6.45) is 0. The molecule has 0 spiro atoms. The van der Waals surface area contributed by atoms with Crippen LogP contribution in [-0.4, -0.2) is 5.11 Å². The Bertz CT molecular complexity index is 620. The molecule has 7 heteroatoms. The van der Waals surface area contributed by atoms with Crippen LogP contribution in [0.5, 0.6) is 17.2 Å². The van der Waals surface area contributed by atoms with Crippen molar-refractivity contribution in [3.05, 3.63) is 47.2 Å². The average Bonchev–Trinajstić information content (AvgIpc) is 2.34. The third kappa shape index (κ3) is 3.47. The second kappa shape index (κ2) is 6.35. The van der Waals surface area contributed by atoms with Gasteiger partial charge in [-0.15, -0.1) is 0 Å². The molecule has 0 aliphatic rings. The van der Waals surface area contributed by atoms with Crippen LogP contribution in [0.15, 0.2) is 42.2 Å². The molecule has 2 aromatic rings. The van der Waals surface area contributed by atoms with Crippen LogP contribution in [0.25, 0.3) is 0 Å². The Balaban J connectivity index is 2.49. The van der Waals surface area contributed by atoms with Gasteiger partial charge in [-0.1, -0.05) is 27.5 Å². The van der Waals surface area contributed by atoms with Gasteiger partial charge in [0.25, 0.3) is 0 Å². The van der Waals surface area contributed by atoms with Gasteiger partial charge in [0.05, 0.1) is 8.95 Å². The molecule has 1 N–H and O–H groups in total. The van der Waals surface area contributed by atoms with Gasteiger partial charge in [0.1, 0.15) is 10.8 Å². The summed E-state index contributed by atoms with van der Waals surface area (Å²) in [7, 11) is 0. The number of rotatable bonds is 2. The molecule has 0 radical (unpaired) electrons. The first-order valence-electron chi connectivity index (χ1n) is 4.89. The van der Waals surface area contributed by atoms with E-state index in [1.807, 2.05) is 12.1 Å². The summed E-state index contributed by atoms with van der Waals surface area (Å²) in [5.41, 5.74) is 0. The van der Waals surface area contributed by atoms with Crippen LogP contribution in [0.4, 0.5) is 0 Å². The highest BCUT2D eigenvalue weighted by atomic mass is 79.9. The van der Waals surface area contributed by atoms with Crippen LogP contribution in [0, 0.1) is 0 Å². The maximum Gasteiger partial charge on any atom is 0.189 e. The van der Waals surface area contributed by atoms with Crippen molar-refractivity contribution in [2.75, 3.05) is 0 Å². The van der Waals surface area contributed by atoms with E-state index in [2.05, 4.69) is 63.7 Å². The van der Waals surface area contributed by atoms with E-state index >= 15 is 0 Å². The van der Waals surface area contributed by atoms with E-state index in [1.54, 1.807) is 12.1 Å². The zero-order chi connectivity index (χ0) is 14.2. The average molecular weight is 536 g/mol. The fourth-order valence-corrected chi connectivity index (χ4v) is 3.76. The Kier molecular flexibility index (Phi) is 5.22. The molecule has 0 saturated heterocycles. The Hall–Kier alpha value is 0.250. The van der Waals surface area contributed by atoms with Gasteiger partial charge < -0.3 is 9.84 Å². The van der Waals surface area contributed by atoms with Crippen molar-refractivity contribution in [2.24, 2.45) is 0 Å². The van der Waals surface area contributed by atoms with Crippen molar-refractivity contribution in [3.63, 3.8) is 0 Å². The number of halogens is 5. The Labute approximate surface area is 148 Å². The monoisotopic (exact) mass is 532 g/mol. The maximum absolute atomic E-state index is 10.0. The predicted octanol–water partition coefficient (Wildman–Crippen LogP) is 6.89. The van der Waals surface area contributed by atoms with Crippen molar-refractivity contribution < 1.29 is 9.84 Å². The molecule has 0 aliphatic heterocycles. The van der Waals surface area contributed by atoms with Gasteiger partial charge in [-0.05, 0) is 72.1 Å². The van der Waals surface area contributed by atoms with E-state index < -0.39 is 0 Å². The first-order valence-corrected chi connectivity index (χ1v) is 8.44. The zero-order valence-electron chi connectivity index (χ0n) is 9.05. The van der Waals surface area contributed by atoms with Gasteiger partial charge in [0, 0.05) is 8.95 Å². The molecule has 100 valence electrons. The van der Waals surface area contributed by atoms with E-state index in [1.165, 1.54) is 0 Å². The molecule has 0 atom stereocenters. The van der Waals surface area contributed by atoms with E-state index in [0.29, 0.717) is 19.7 Å². The highest BCUT2D eigenvalue weighted by molar-refractivity contribution is 9.11. The van der Waals surface area contributed by atoms with Crippen LogP contribution >= 0.6 is 75.3 Å². The molecule has 0 fully saturated rings. The topological polar surface area (TPSA) is 29.5 Å². The molecule has 0 unspecified atom stereocenters. The lowest BCUT2D eigenvalue weighted by atomic mass is 10.3. The zero-order valence-corrected chi connectivity index (χ0v) is 16.2. The molecule has 0 aliphatic carbocycles. The lowest BCUT2D eigenvalue weighted by molar-refractivity contribution is 0.407. The molecule has 0 bridgehead atoms. The Morgan fingerprint density at radius 2 is 1.63 bits per heavy atom. The summed E-state index contributed by atoms with van der Waals surface area (Å²) in [6.45, 7) is 0. The molecule has 2 rings (SSSR count). The highest BCUT2D eigenvalue weighted by Crippen LogP contribution is 2.47. The number of aromatic hydroxyl groups is 1. The lowest BCUT2D eigenvalue weighted by Crippen LogP contribution is -1.89. The normalized spacial score (nSPS) is 10.6. The second-order valence-electron chi connectivity index (χ2n) is 3.51. The molecular weight excluding hydrogens is 531 g/mol. The van der Waals surface area contributed by atoms with Gasteiger partial charge in [-0.3, -0.25) is 0 Å². The molecule has 0 amide bonds. The first-order chi connectivity index (χ1) is 8.90. The van der Waals surface area contributed by atoms with Crippen LogP contribution in [-0.2, 0) is 0 Å². The summed E-state index contributed by atoms with van der Waals surface area (Å²) in [6, 6.07) is 7.09. The largest absolute Gasteiger partial charge is 0.503 e. The van der Waals surface area contributed by atoms with Gasteiger partial charge >= 0.3 is 0 Å². The third-order valence-corrected chi connectivity index (χ3v) is 5.16. The van der Waals surface area contributed by atoms with Gasteiger partial charge in [0.15, 0.2) is 11.5 Å². The van der Waals surface area contributed by atoms with Crippen molar-refractivity contribution in [1.29, 1.82) is 0 Å². The molecule has 0 aromatic heterocycles. The summed E-state index contributed by atoms with van der Waals surface area (Å²) < 4.78 is 8.46. The van der Waals surface area contributed by atoms with Crippen molar-refractivity contribution in [1.82, 2.24) is 0 Å². The van der Waals surface area contributed by atoms with Gasteiger partial charge in [0.2, 0.25) is 0 Å². The van der Waals surface area contributed by atoms with E-state index in [4.69, 9.17) is 16.3 Å². The molecule has 2 nitrogen and oxygen atoms in total. The predicted molar refractivity (Wildman–Crippen MR) is 90.4 cm³/mol. The number of benzene rings is 2. The van der Waals surface area contributed by atoms with Crippen LogP contribution < -0.4 is 4.74 Å². The molecule has 0 saturated carbocycles. The van der Waals surface area contributed by atoms with E-state index in [-0.39, 0.29) is 11.5 Å². The lowest BCUT2D eigenvalue weighted by Gasteiger charge is -2.13. The Morgan fingerprint density at radius 3 is 2.26 bits per heavy atom. The van der Waals surface area contributed by atoms with Crippen molar-refractivity contribution >= 4 is 75.3 Å². The van der Waals surface area contributed by atoms with Gasteiger partial charge in [-0.25, -0.2) is 0 Å². The minimum atomic E-state index is -0.0528. The molecular formula is C12H5Br4ClO2. The van der Waals surface area contributed by atoms with E-state index in [0.717, 1.165) is 8.95 Å². The quantitative estimate of drug-likeness (QED) is 0.424. The minimum Gasteiger partial charge on any atom is -0.503 e. The van der Waals surface area contributed by atoms with Crippen LogP contribution in [0.2, 0.25) is 5.02 Å². The van der Waals surface area contributed by atoms with Crippen LogP contribution in [0.3, 0.4) is 0 Å². The summed E-state index contributed by atoms with van der Waals surface area (Å²) in [4.78, 5) is 0. The third-order valence-electron chi connectivity index (χ3n) is 2.21. The van der Waals surface area contributed by atoms with Crippen LogP contribution in [0.1, 0.15) is 0 Å². The Morgan fingerprint density at radius 1 is 0.947 bits per heavy atom. The first kappa shape index (κ1) is 15.6. The minimum absolute atomic E-state index is 0.0528. The summed E-state index contributed by atoms with van der Waals surface area (Å²) in [5, 5.41) is 10.3.